The summed E-state index contributed by atoms with van der Waals surface area (Å²) in [5.74, 6) is 0.212. The number of carbonyl (C=O) groups is 2. The Hall–Kier alpha value is -4.77. The number of nitrogens with one attached hydrogen (secondary N) is 1. The van der Waals surface area contributed by atoms with Gasteiger partial charge in [-0.2, -0.15) is 0 Å². The molecule has 1 saturated heterocycles. The number of nitrogens with zero attached hydrogens (tertiary/aromatic N) is 4. The van der Waals surface area contributed by atoms with Crippen LogP contribution in [0.25, 0.3) is 11.3 Å². The third-order valence-corrected chi connectivity index (χ3v) is 6.72. The summed E-state index contributed by atoms with van der Waals surface area (Å²) in [7, 11) is 2.02. The Bertz CT molecular complexity index is 1500. The van der Waals surface area contributed by atoms with E-state index in [4.69, 9.17) is 14.2 Å². The van der Waals surface area contributed by atoms with E-state index in [9.17, 15) is 14.0 Å². The monoisotopic (exact) mass is 573 g/mol. The van der Waals surface area contributed by atoms with Crippen LogP contribution in [0.1, 0.15) is 33.5 Å². The largest absolute Gasteiger partial charge is 0.488 e. The van der Waals surface area contributed by atoms with Crippen LogP contribution >= 0.6 is 0 Å². The van der Waals surface area contributed by atoms with E-state index in [0.29, 0.717) is 35.8 Å². The first kappa shape index (κ1) is 28.7. The molecule has 0 aliphatic carbocycles. The van der Waals surface area contributed by atoms with Crippen LogP contribution < -0.4 is 9.47 Å². The number of halogens is 1. The van der Waals surface area contributed by atoms with Crippen LogP contribution in [-0.4, -0.2) is 82.6 Å². The number of aromatic nitrogens is 3. The molecule has 2 aromatic heterocycles. The fourth-order valence-corrected chi connectivity index (χ4v) is 4.37. The van der Waals surface area contributed by atoms with E-state index in [0.717, 1.165) is 18.7 Å². The van der Waals surface area contributed by atoms with Crippen LogP contribution in [0.2, 0.25) is 0 Å². The number of alkyl halides is 1. The molecule has 3 heterocycles. The minimum Gasteiger partial charge on any atom is -0.488 e. The molecule has 0 spiro atoms. The molecule has 0 bridgehead atoms. The Morgan fingerprint density at radius 1 is 0.976 bits per heavy atom. The number of amides is 1. The van der Waals surface area contributed by atoms with Gasteiger partial charge in [0.2, 0.25) is 5.88 Å². The van der Waals surface area contributed by atoms with Gasteiger partial charge in [-0.15, -0.1) is 0 Å². The first-order chi connectivity index (χ1) is 20.4. The van der Waals surface area contributed by atoms with Gasteiger partial charge in [-0.3, -0.25) is 4.79 Å². The number of H-pyrrole nitrogens is 1. The van der Waals surface area contributed by atoms with Gasteiger partial charge in [0, 0.05) is 43.5 Å². The Kier molecular flexibility index (Phi) is 9.08. The summed E-state index contributed by atoms with van der Waals surface area (Å²) in [5, 5.41) is 0. The van der Waals surface area contributed by atoms with Crippen molar-refractivity contribution >= 4 is 11.9 Å². The molecular weight excluding hydrogens is 541 g/mol. The van der Waals surface area contributed by atoms with Crippen LogP contribution in [0, 0.1) is 0 Å². The Labute approximate surface area is 243 Å². The van der Waals surface area contributed by atoms with Crippen LogP contribution in [-0.2, 0) is 11.3 Å². The third-order valence-electron chi connectivity index (χ3n) is 6.72. The zero-order valence-electron chi connectivity index (χ0n) is 23.5. The molecule has 11 heteroatoms. The summed E-state index contributed by atoms with van der Waals surface area (Å²) >= 11 is 0. The fraction of sp³-hybridized carbons (Fsp3) is 0.290. The molecule has 1 fully saturated rings. The lowest BCUT2D eigenvalue weighted by molar-refractivity contribution is 0.0466. The lowest BCUT2D eigenvalue weighted by atomic mass is 10.1. The average molecular weight is 574 g/mol. The summed E-state index contributed by atoms with van der Waals surface area (Å²) in [5.41, 5.74) is 2.62. The number of rotatable bonds is 10. The van der Waals surface area contributed by atoms with Gasteiger partial charge in [-0.25, -0.2) is 19.2 Å². The molecule has 1 N–H and O–H groups in total. The molecule has 1 amide bonds. The number of aromatic amines is 1. The van der Waals surface area contributed by atoms with E-state index in [1.165, 1.54) is 12.4 Å². The maximum atomic E-state index is 13.2. The van der Waals surface area contributed by atoms with Crippen LogP contribution in [0.3, 0.4) is 0 Å². The summed E-state index contributed by atoms with van der Waals surface area (Å²) in [6, 6.07) is 17.8. The van der Waals surface area contributed by atoms with E-state index in [-0.39, 0.29) is 29.8 Å². The number of ether oxygens (including phenoxy) is 3. The molecule has 1 aliphatic rings. The van der Waals surface area contributed by atoms with Crippen molar-refractivity contribution in [1.29, 1.82) is 0 Å². The number of hydrogen-bond donors (Lipinski definition) is 1. The number of benzene rings is 2. The second kappa shape index (κ2) is 13.3. The molecular formula is C31H32FN5O5. The number of esters is 1. The van der Waals surface area contributed by atoms with Crippen molar-refractivity contribution in [2.24, 2.45) is 0 Å². The molecule has 0 unspecified atom stereocenters. The number of piperazine rings is 1. The highest BCUT2D eigenvalue weighted by molar-refractivity contribution is 5.92. The first-order valence-electron chi connectivity index (χ1n) is 13.6. The maximum Gasteiger partial charge on any atom is 0.355 e. The van der Waals surface area contributed by atoms with Crippen molar-refractivity contribution in [2.45, 2.75) is 19.6 Å². The molecule has 4 aromatic rings. The third kappa shape index (κ3) is 7.29. The predicted molar refractivity (Wildman–Crippen MR) is 153 cm³/mol. The molecule has 218 valence electrons. The molecule has 5 rings (SSSR count). The van der Waals surface area contributed by atoms with Crippen molar-refractivity contribution in [3.8, 4) is 28.6 Å². The highest BCUT2D eigenvalue weighted by Crippen LogP contribution is 2.32. The quantitative estimate of drug-likeness (QED) is 0.271. The van der Waals surface area contributed by atoms with E-state index >= 15 is 0 Å². The Morgan fingerprint density at radius 3 is 2.45 bits per heavy atom. The van der Waals surface area contributed by atoms with E-state index in [1.54, 1.807) is 42.2 Å². The summed E-state index contributed by atoms with van der Waals surface area (Å²) in [6.45, 7) is 3.97. The van der Waals surface area contributed by atoms with Gasteiger partial charge in [0.05, 0.1) is 12.4 Å². The minimum absolute atomic E-state index is 0.150. The molecule has 10 nitrogen and oxygen atoms in total. The average Bonchev–Trinajstić information content (AvgIpc) is 3.51. The van der Waals surface area contributed by atoms with Gasteiger partial charge in [-0.05, 0) is 43.8 Å². The normalized spacial score (nSPS) is 14.3. The van der Waals surface area contributed by atoms with Gasteiger partial charge in [-0.1, -0.05) is 30.3 Å². The van der Waals surface area contributed by atoms with Crippen molar-refractivity contribution < 1.29 is 28.2 Å². The molecule has 1 aliphatic heterocycles. The standard InChI is InChI=1S/C31H32FN5O5/c1-21(17-32)41-24-14-23(26-8-9-27(35-26)31(39)40-20-22-6-4-3-5-7-22)15-25(16-24)42-29-19-33-28(18-34-29)30(38)37-12-10-36(2)11-13-37/h3-9,14-16,18-19,21,35H,10-13,17,20H2,1-2H3/t21-/m0/s1. The van der Waals surface area contributed by atoms with Crippen molar-refractivity contribution in [3.05, 3.63) is 90.0 Å². The SMILES string of the molecule is C[C@@H](CF)Oc1cc(Oc2cnc(C(=O)N3CCN(C)CC3)cn2)cc(-c2ccc(C(=O)OCc3ccccc3)[nH]2)c1. The molecule has 1 atom stereocenters. The molecule has 0 radical (unpaired) electrons. The van der Waals surface area contributed by atoms with E-state index in [1.807, 2.05) is 37.4 Å². The second-order valence-electron chi connectivity index (χ2n) is 10.1. The predicted octanol–water partition coefficient (Wildman–Crippen LogP) is 4.75. The van der Waals surface area contributed by atoms with Gasteiger partial charge < -0.3 is 29.0 Å². The lowest BCUT2D eigenvalue weighted by Gasteiger charge is -2.32. The first-order valence-corrected chi connectivity index (χ1v) is 13.6. The smallest absolute Gasteiger partial charge is 0.355 e. The summed E-state index contributed by atoms with van der Waals surface area (Å²) in [4.78, 5) is 41.0. The second-order valence-corrected chi connectivity index (χ2v) is 10.1. The van der Waals surface area contributed by atoms with Crippen LogP contribution in [0.5, 0.6) is 17.4 Å². The van der Waals surface area contributed by atoms with Crippen LogP contribution in [0.15, 0.2) is 73.1 Å². The van der Waals surface area contributed by atoms with Crippen LogP contribution in [0.4, 0.5) is 4.39 Å². The van der Waals surface area contributed by atoms with Crippen molar-refractivity contribution in [2.75, 3.05) is 39.9 Å². The van der Waals surface area contributed by atoms with Gasteiger partial charge in [0.25, 0.3) is 5.91 Å². The van der Waals surface area contributed by atoms with Gasteiger partial charge in [0.1, 0.15) is 42.3 Å². The molecule has 0 saturated carbocycles. The van der Waals surface area contributed by atoms with Crippen molar-refractivity contribution in [3.63, 3.8) is 0 Å². The number of likely N-dealkylation sites (N-methyl/N-ethyl adjacent to an activating group) is 1. The highest BCUT2D eigenvalue weighted by atomic mass is 19.1. The van der Waals surface area contributed by atoms with Gasteiger partial charge >= 0.3 is 5.97 Å². The van der Waals surface area contributed by atoms with Crippen molar-refractivity contribution in [1.82, 2.24) is 24.8 Å². The number of carbonyl (C=O) groups excluding carboxylic acids is 2. The molecule has 2 aromatic carbocycles. The number of hydrogen-bond acceptors (Lipinski definition) is 8. The fourth-order valence-electron chi connectivity index (χ4n) is 4.37. The highest BCUT2D eigenvalue weighted by Gasteiger charge is 2.22. The summed E-state index contributed by atoms with van der Waals surface area (Å²) < 4.78 is 30.3. The Morgan fingerprint density at radius 2 is 1.74 bits per heavy atom. The lowest BCUT2D eigenvalue weighted by Crippen LogP contribution is -2.47. The van der Waals surface area contributed by atoms with E-state index < -0.39 is 18.7 Å². The maximum absolute atomic E-state index is 13.2. The summed E-state index contributed by atoms with van der Waals surface area (Å²) in [6.07, 6.45) is 2.09. The van der Waals surface area contributed by atoms with E-state index in [2.05, 4.69) is 19.9 Å². The van der Waals surface area contributed by atoms with Gasteiger partial charge in [0.15, 0.2) is 0 Å². The zero-order chi connectivity index (χ0) is 29.5. The topological polar surface area (TPSA) is 110 Å². The Balaban J connectivity index is 1.31. The molecule has 42 heavy (non-hydrogen) atoms. The minimum atomic E-state index is -0.681. The zero-order valence-corrected chi connectivity index (χ0v) is 23.5.